The van der Waals surface area contributed by atoms with Crippen LogP contribution in [0.2, 0.25) is 0 Å². The summed E-state index contributed by atoms with van der Waals surface area (Å²) in [6, 6.07) is 18.7. The van der Waals surface area contributed by atoms with Crippen LogP contribution >= 0.6 is 39.0 Å². The number of allylic oxidation sites excluding steroid dienone is 1. The van der Waals surface area contributed by atoms with Crippen LogP contribution in [-0.2, 0) is 16.1 Å². The summed E-state index contributed by atoms with van der Waals surface area (Å²) < 4.78 is 14.2. The Bertz CT molecular complexity index is 1910. The van der Waals surface area contributed by atoms with Gasteiger partial charge in [0.1, 0.15) is 12.4 Å². The second-order valence-electron chi connectivity index (χ2n) is 9.47. The van der Waals surface area contributed by atoms with E-state index < -0.39 is 16.9 Å². The van der Waals surface area contributed by atoms with Gasteiger partial charge < -0.3 is 9.47 Å². The van der Waals surface area contributed by atoms with Crippen molar-refractivity contribution in [2.45, 2.75) is 31.4 Å². The van der Waals surface area contributed by atoms with Crippen LogP contribution in [0.3, 0.4) is 0 Å². The molecule has 0 unspecified atom stereocenters. The zero-order valence-corrected chi connectivity index (χ0v) is 26.6. The van der Waals surface area contributed by atoms with Gasteiger partial charge in [0.05, 0.1) is 33.4 Å². The number of fused-ring (bicyclic) bond motifs is 1. The van der Waals surface area contributed by atoms with Gasteiger partial charge in [-0.15, -0.1) is 11.8 Å². The number of thiazole rings is 1. The Kier molecular flexibility index (Phi) is 9.28. The predicted molar refractivity (Wildman–Crippen MR) is 170 cm³/mol. The number of ether oxygens (including phenoxy) is 2. The Balaban J connectivity index is 1.57. The highest BCUT2D eigenvalue weighted by atomic mass is 79.9. The molecular weight excluding hydrogens is 654 g/mol. The first-order valence-electron chi connectivity index (χ1n) is 13.2. The number of carbonyl (C=O) groups excluding carboxylic acids is 1. The lowest BCUT2D eigenvalue weighted by molar-refractivity contribution is -0.384. The standard InChI is InChI=1S/C31H26BrN3O6S2/c1-4-40-30(37)27-18(2)33-31-34(28(27)20-7-12-24(42-3)13-8-20)29(36)26(43-31)16-21-15-22(32)9-14-25(21)41-17-19-5-10-23(11-6-19)35(38)39/h5-16,28H,4,17H2,1-3H3/b26-16-/t28-/m1/s1. The molecule has 0 fully saturated rings. The highest BCUT2D eigenvalue weighted by molar-refractivity contribution is 9.10. The molecule has 0 N–H and O–H groups in total. The zero-order chi connectivity index (χ0) is 30.7. The molecule has 1 atom stereocenters. The van der Waals surface area contributed by atoms with Gasteiger partial charge in [0.2, 0.25) is 0 Å². The summed E-state index contributed by atoms with van der Waals surface area (Å²) in [6.07, 6.45) is 3.73. The minimum absolute atomic E-state index is 0.00306. The van der Waals surface area contributed by atoms with Gasteiger partial charge in [-0.3, -0.25) is 19.5 Å². The molecule has 2 heterocycles. The third-order valence-corrected chi connectivity index (χ3v) is 8.97. The minimum atomic E-state index is -0.700. The van der Waals surface area contributed by atoms with Gasteiger partial charge in [-0.25, -0.2) is 9.79 Å². The maximum atomic E-state index is 14.0. The van der Waals surface area contributed by atoms with Gasteiger partial charge in [-0.2, -0.15) is 0 Å². The fourth-order valence-corrected chi connectivity index (χ4v) is 6.50. The van der Waals surface area contributed by atoms with Crippen LogP contribution in [-0.4, -0.2) is 28.3 Å². The van der Waals surface area contributed by atoms with Crippen LogP contribution in [0.25, 0.3) is 6.08 Å². The molecule has 1 aliphatic rings. The lowest BCUT2D eigenvalue weighted by Crippen LogP contribution is -2.39. The number of non-ortho nitro benzene ring substituents is 1. The van der Waals surface area contributed by atoms with E-state index in [2.05, 4.69) is 20.9 Å². The minimum Gasteiger partial charge on any atom is -0.488 e. The number of thioether (sulfide) groups is 1. The van der Waals surface area contributed by atoms with Crippen LogP contribution < -0.4 is 19.6 Å². The molecule has 0 spiro atoms. The third-order valence-electron chi connectivity index (χ3n) is 6.75. The summed E-state index contributed by atoms with van der Waals surface area (Å²) in [4.78, 5) is 43.9. The average molecular weight is 681 g/mol. The molecule has 1 aliphatic heterocycles. The Morgan fingerprint density at radius 2 is 1.88 bits per heavy atom. The number of nitrogens with zero attached hydrogens (tertiary/aromatic N) is 3. The second-order valence-corrected chi connectivity index (χ2v) is 12.3. The third kappa shape index (κ3) is 6.51. The van der Waals surface area contributed by atoms with Crippen molar-refractivity contribution in [1.29, 1.82) is 0 Å². The number of hydrogen-bond acceptors (Lipinski definition) is 9. The number of carbonyl (C=O) groups is 1. The Morgan fingerprint density at radius 3 is 2.53 bits per heavy atom. The smallest absolute Gasteiger partial charge is 0.338 e. The van der Waals surface area contributed by atoms with Gasteiger partial charge in [-0.05, 0) is 79.8 Å². The molecular formula is C31H26BrN3O6S2. The molecule has 43 heavy (non-hydrogen) atoms. The van der Waals surface area contributed by atoms with E-state index in [4.69, 9.17) is 9.47 Å². The quantitative estimate of drug-likeness (QED) is 0.0955. The number of hydrogen-bond donors (Lipinski definition) is 0. The van der Waals surface area contributed by atoms with Crippen molar-refractivity contribution >= 4 is 56.8 Å². The molecule has 1 aromatic heterocycles. The van der Waals surface area contributed by atoms with Crippen LogP contribution in [0.5, 0.6) is 5.75 Å². The van der Waals surface area contributed by atoms with Crippen LogP contribution in [0.4, 0.5) is 5.69 Å². The number of halogens is 1. The molecule has 0 saturated heterocycles. The molecule has 0 bridgehead atoms. The van der Waals surface area contributed by atoms with E-state index in [-0.39, 0.29) is 24.5 Å². The number of esters is 1. The summed E-state index contributed by atoms with van der Waals surface area (Å²) >= 11 is 6.34. The normalized spacial score (nSPS) is 14.7. The molecule has 12 heteroatoms. The molecule has 3 aromatic carbocycles. The molecule has 0 aliphatic carbocycles. The molecule has 9 nitrogen and oxygen atoms in total. The fraction of sp³-hybridized carbons (Fsp3) is 0.194. The maximum Gasteiger partial charge on any atom is 0.338 e. The van der Waals surface area contributed by atoms with Gasteiger partial charge in [0.25, 0.3) is 11.2 Å². The number of nitro groups is 1. The van der Waals surface area contributed by atoms with Gasteiger partial charge in [0, 0.05) is 27.1 Å². The summed E-state index contributed by atoms with van der Waals surface area (Å²) in [5, 5.41) is 11.0. The number of benzene rings is 3. The van der Waals surface area contributed by atoms with Crippen molar-refractivity contribution < 1.29 is 19.2 Å². The van der Waals surface area contributed by atoms with Crippen molar-refractivity contribution in [3.8, 4) is 5.75 Å². The van der Waals surface area contributed by atoms with Crippen LogP contribution in [0, 0.1) is 10.1 Å². The van der Waals surface area contributed by atoms with Crippen molar-refractivity contribution in [2.24, 2.45) is 4.99 Å². The van der Waals surface area contributed by atoms with Gasteiger partial charge in [0.15, 0.2) is 4.80 Å². The van der Waals surface area contributed by atoms with E-state index in [9.17, 15) is 19.7 Å². The van der Waals surface area contributed by atoms with Crippen molar-refractivity contribution in [3.63, 3.8) is 0 Å². The summed E-state index contributed by atoms with van der Waals surface area (Å²) in [5.41, 5.74) is 2.73. The van der Waals surface area contributed by atoms with E-state index in [0.717, 1.165) is 20.5 Å². The highest BCUT2D eigenvalue weighted by Crippen LogP contribution is 2.32. The molecule has 4 aromatic rings. The van der Waals surface area contributed by atoms with Gasteiger partial charge in [-0.1, -0.05) is 39.4 Å². The Hall–Kier alpha value is -4.00. The van der Waals surface area contributed by atoms with E-state index >= 15 is 0 Å². The van der Waals surface area contributed by atoms with Crippen molar-refractivity contribution in [1.82, 2.24) is 4.57 Å². The maximum absolute atomic E-state index is 14.0. The van der Waals surface area contributed by atoms with Gasteiger partial charge >= 0.3 is 5.97 Å². The topological polar surface area (TPSA) is 113 Å². The lowest BCUT2D eigenvalue weighted by atomic mass is 9.96. The summed E-state index contributed by atoms with van der Waals surface area (Å²) in [5.74, 6) is 0.0193. The number of aromatic nitrogens is 1. The van der Waals surface area contributed by atoms with E-state index in [1.807, 2.05) is 42.7 Å². The fourth-order valence-electron chi connectivity index (χ4n) is 4.67. The molecule has 0 radical (unpaired) electrons. The SMILES string of the molecule is CCOC(=O)C1=C(C)N=c2s/c(=C\c3cc(Br)ccc3OCc3ccc([N+](=O)[O-])cc3)c(=O)n2[C@@H]1c1ccc(SC)cc1. The Morgan fingerprint density at radius 1 is 1.16 bits per heavy atom. The number of nitro benzene ring substituents is 1. The van der Waals surface area contributed by atoms with Crippen molar-refractivity contribution in [3.05, 3.63) is 129 Å². The molecule has 5 rings (SSSR count). The average Bonchev–Trinajstić information content (AvgIpc) is 3.30. The first-order valence-corrected chi connectivity index (χ1v) is 16.0. The zero-order valence-electron chi connectivity index (χ0n) is 23.4. The van der Waals surface area contributed by atoms with Crippen LogP contribution in [0.15, 0.2) is 97.2 Å². The van der Waals surface area contributed by atoms with E-state index in [1.165, 1.54) is 23.5 Å². The second kappa shape index (κ2) is 13.1. The van der Waals surface area contributed by atoms with Crippen LogP contribution in [0.1, 0.15) is 36.6 Å². The first kappa shape index (κ1) is 30.5. The summed E-state index contributed by atoms with van der Waals surface area (Å²) in [6.45, 7) is 3.87. The van der Waals surface area contributed by atoms with E-state index in [0.29, 0.717) is 31.9 Å². The predicted octanol–water partition coefficient (Wildman–Crippen LogP) is 5.77. The number of rotatable bonds is 9. The monoisotopic (exact) mass is 679 g/mol. The van der Waals surface area contributed by atoms with E-state index in [1.54, 1.807) is 54.5 Å². The first-order chi connectivity index (χ1) is 20.7. The largest absolute Gasteiger partial charge is 0.488 e. The summed E-state index contributed by atoms with van der Waals surface area (Å²) in [7, 11) is 0. The molecule has 0 saturated carbocycles. The van der Waals surface area contributed by atoms with Crippen molar-refractivity contribution in [2.75, 3.05) is 12.9 Å². The molecule has 0 amide bonds. The highest BCUT2D eigenvalue weighted by Gasteiger charge is 2.33. The lowest BCUT2D eigenvalue weighted by Gasteiger charge is -2.24. The molecule has 220 valence electrons. The Labute approximate surface area is 263 Å².